The molecule has 112 valence electrons. The molecule has 1 fully saturated rings. The van der Waals surface area contributed by atoms with Crippen LogP contribution in [-0.2, 0) is 0 Å². The van der Waals surface area contributed by atoms with Gasteiger partial charge in [-0.15, -0.1) is 0 Å². The first-order valence-corrected chi connectivity index (χ1v) is 7.94. The van der Waals surface area contributed by atoms with Crippen molar-refractivity contribution < 1.29 is 0 Å². The second-order valence-corrected chi connectivity index (χ2v) is 7.20. The lowest BCUT2D eigenvalue weighted by atomic mass is 9.75. The van der Waals surface area contributed by atoms with Gasteiger partial charge in [-0.1, -0.05) is 39.0 Å². The molecule has 0 aromatic heterocycles. The molecule has 0 bridgehead atoms. The van der Waals surface area contributed by atoms with Gasteiger partial charge in [-0.3, -0.25) is 0 Å². The summed E-state index contributed by atoms with van der Waals surface area (Å²) < 4.78 is 0. The highest BCUT2D eigenvalue weighted by molar-refractivity contribution is 5.55. The average Bonchev–Trinajstić information content (AvgIpc) is 2.45. The summed E-state index contributed by atoms with van der Waals surface area (Å²) in [7, 11) is 2.04. The van der Waals surface area contributed by atoms with Crippen LogP contribution in [0.5, 0.6) is 0 Å². The van der Waals surface area contributed by atoms with Crippen molar-refractivity contribution >= 4 is 5.69 Å². The Labute approximate surface area is 124 Å². The molecule has 1 atom stereocenters. The van der Waals surface area contributed by atoms with Gasteiger partial charge in [-0.25, -0.2) is 0 Å². The molecular formula is C18H30N2. The molecule has 0 spiro atoms. The number of nitrogens with zero attached hydrogens (tertiary/aromatic N) is 1. The monoisotopic (exact) mass is 274 g/mol. The number of benzene rings is 1. The second kappa shape index (κ2) is 6.17. The maximum atomic E-state index is 3.37. The molecular weight excluding hydrogens is 244 g/mol. The molecule has 0 saturated carbocycles. The second-order valence-electron chi connectivity index (χ2n) is 7.20. The molecule has 1 aromatic rings. The van der Waals surface area contributed by atoms with E-state index in [2.05, 4.69) is 62.2 Å². The van der Waals surface area contributed by atoms with E-state index in [0.29, 0.717) is 11.5 Å². The zero-order chi connectivity index (χ0) is 14.8. The first-order chi connectivity index (χ1) is 9.43. The molecule has 1 aliphatic heterocycles. The summed E-state index contributed by atoms with van der Waals surface area (Å²) in [4.78, 5) is 2.57. The average molecular weight is 274 g/mol. The van der Waals surface area contributed by atoms with Gasteiger partial charge in [0.25, 0.3) is 0 Å². The van der Waals surface area contributed by atoms with E-state index < -0.39 is 0 Å². The van der Waals surface area contributed by atoms with Crippen LogP contribution in [-0.4, -0.2) is 20.1 Å². The van der Waals surface area contributed by atoms with Crippen LogP contribution in [0.4, 0.5) is 5.69 Å². The third-order valence-electron chi connectivity index (χ3n) is 4.90. The van der Waals surface area contributed by atoms with Gasteiger partial charge in [-0.05, 0) is 49.8 Å². The third-order valence-corrected chi connectivity index (χ3v) is 4.90. The minimum absolute atomic E-state index is 0.409. The van der Waals surface area contributed by atoms with Crippen molar-refractivity contribution in [3.05, 3.63) is 29.8 Å². The van der Waals surface area contributed by atoms with Crippen LogP contribution in [0.15, 0.2) is 24.3 Å². The quantitative estimate of drug-likeness (QED) is 0.887. The normalized spacial score (nSPS) is 19.1. The SMILES string of the molecule is CNC(C)c1ccccc1N1CCC(C(C)(C)C)CC1. The predicted octanol–water partition coefficient (Wildman–Crippen LogP) is 4.23. The van der Waals surface area contributed by atoms with E-state index in [0.717, 1.165) is 5.92 Å². The molecule has 2 nitrogen and oxygen atoms in total. The number of rotatable bonds is 3. The van der Waals surface area contributed by atoms with Crippen molar-refractivity contribution in [1.82, 2.24) is 5.32 Å². The van der Waals surface area contributed by atoms with E-state index in [1.165, 1.54) is 37.2 Å². The molecule has 0 amide bonds. The lowest BCUT2D eigenvalue weighted by Crippen LogP contribution is -2.38. The zero-order valence-electron chi connectivity index (χ0n) is 13.7. The van der Waals surface area contributed by atoms with Crippen molar-refractivity contribution in [1.29, 1.82) is 0 Å². The van der Waals surface area contributed by atoms with E-state index in [9.17, 15) is 0 Å². The summed E-state index contributed by atoms with van der Waals surface area (Å²) in [5.74, 6) is 0.854. The Kier molecular flexibility index (Phi) is 4.74. The molecule has 20 heavy (non-hydrogen) atoms. The summed E-state index contributed by atoms with van der Waals surface area (Å²) >= 11 is 0. The Hall–Kier alpha value is -1.02. The smallest absolute Gasteiger partial charge is 0.0414 e. The van der Waals surface area contributed by atoms with Gasteiger partial charge < -0.3 is 10.2 Å². The molecule has 0 aliphatic carbocycles. The molecule has 2 rings (SSSR count). The van der Waals surface area contributed by atoms with Gasteiger partial charge in [0.1, 0.15) is 0 Å². The molecule has 2 heteroatoms. The summed E-state index contributed by atoms with van der Waals surface area (Å²) in [6, 6.07) is 9.25. The van der Waals surface area contributed by atoms with Crippen molar-refractivity contribution in [2.45, 2.75) is 46.6 Å². The van der Waals surface area contributed by atoms with E-state index in [1.807, 2.05) is 7.05 Å². The number of hydrogen-bond donors (Lipinski definition) is 1. The molecule has 1 unspecified atom stereocenters. The first kappa shape index (κ1) is 15.4. The molecule has 1 heterocycles. The van der Waals surface area contributed by atoms with Crippen LogP contribution in [0.25, 0.3) is 0 Å². The Morgan fingerprint density at radius 3 is 2.30 bits per heavy atom. The Bertz CT molecular complexity index is 425. The summed E-state index contributed by atoms with van der Waals surface area (Å²) in [6.45, 7) is 11.8. The number of anilines is 1. The number of hydrogen-bond acceptors (Lipinski definition) is 2. The molecule has 1 aromatic carbocycles. The summed E-state index contributed by atoms with van der Waals surface area (Å²) in [5, 5.41) is 3.37. The highest BCUT2D eigenvalue weighted by atomic mass is 15.1. The van der Waals surface area contributed by atoms with Crippen LogP contribution in [0.2, 0.25) is 0 Å². The van der Waals surface area contributed by atoms with Crippen LogP contribution >= 0.6 is 0 Å². The Morgan fingerprint density at radius 2 is 1.75 bits per heavy atom. The summed E-state index contributed by atoms with van der Waals surface area (Å²) in [5.41, 5.74) is 3.29. The topological polar surface area (TPSA) is 15.3 Å². The molecule has 0 radical (unpaired) electrons. The van der Waals surface area contributed by atoms with Crippen LogP contribution in [0.1, 0.15) is 52.1 Å². The minimum Gasteiger partial charge on any atom is -0.371 e. The largest absolute Gasteiger partial charge is 0.371 e. The zero-order valence-corrected chi connectivity index (χ0v) is 13.7. The van der Waals surface area contributed by atoms with Crippen molar-refractivity contribution in [3.8, 4) is 0 Å². The molecule has 1 N–H and O–H groups in total. The van der Waals surface area contributed by atoms with Gasteiger partial charge in [0.15, 0.2) is 0 Å². The van der Waals surface area contributed by atoms with Crippen molar-refractivity contribution in [2.75, 3.05) is 25.0 Å². The highest BCUT2D eigenvalue weighted by Gasteiger charge is 2.29. The third kappa shape index (κ3) is 3.35. The van der Waals surface area contributed by atoms with Gasteiger partial charge in [0.05, 0.1) is 0 Å². The fourth-order valence-electron chi connectivity index (χ4n) is 3.28. The number of para-hydroxylation sites is 1. The van der Waals surface area contributed by atoms with E-state index >= 15 is 0 Å². The van der Waals surface area contributed by atoms with Gasteiger partial charge in [0, 0.05) is 24.8 Å². The standard InChI is InChI=1S/C18H30N2/c1-14(19-5)16-8-6-7-9-17(16)20-12-10-15(11-13-20)18(2,3)4/h6-9,14-15,19H,10-13H2,1-5H3. The maximum Gasteiger partial charge on any atom is 0.0414 e. The predicted molar refractivity (Wildman–Crippen MR) is 88.3 cm³/mol. The van der Waals surface area contributed by atoms with Gasteiger partial charge in [0.2, 0.25) is 0 Å². The van der Waals surface area contributed by atoms with E-state index in [4.69, 9.17) is 0 Å². The Morgan fingerprint density at radius 1 is 1.15 bits per heavy atom. The number of nitrogens with one attached hydrogen (secondary N) is 1. The number of piperidine rings is 1. The summed E-state index contributed by atoms with van der Waals surface area (Å²) in [6.07, 6.45) is 2.62. The minimum atomic E-state index is 0.409. The molecule has 1 saturated heterocycles. The van der Waals surface area contributed by atoms with Crippen molar-refractivity contribution in [3.63, 3.8) is 0 Å². The van der Waals surface area contributed by atoms with E-state index in [-0.39, 0.29) is 0 Å². The highest BCUT2D eigenvalue weighted by Crippen LogP contribution is 2.36. The molecule has 1 aliphatic rings. The lowest BCUT2D eigenvalue weighted by molar-refractivity contribution is 0.199. The lowest BCUT2D eigenvalue weighted by Gasteiger charge is -2.40. The first-order valence-electron chi connectivity index (χ1n) is 7.94. The fraction of sp³-hybridized carbons (Fsp3) is 0.667. The maximum absolute atomic E-state index is 3.37. The van der Waals surface area contributed by atoms with Crippen molar-refractivity contribution in [2.24, 2.45) is 11.3 Å². The Balaban J connectivity index is 2.11. The van der Waals surface area contributed by atoms with E-state index in [1.54, 1.807) is 0 Å². The fourth-order valence-corrected chi connectivity index (χ4v) is 3.28. The van der Waals surface area contributed by atoms with Crippen LogP contribution in [0, 0.1) is 11.3 Å². The van der Waals surface area contributed by atoms with Gasteiger partial charge in [-0.2, -0.15) is 0 Å². The van der Waals surface area contributed by atoms with Crippen LogP contribution in [0.3, 0.4) is 0 Å². The van der Waals surface area contributed by atoms with Gasteiger partial charge >= 0.3 is 0 Å². The van der Waals surface area contributed by atoms with Crippen LogP contribution < -0.4 is 10.2 Å².